The SMILES string of the molecule is BrCc1cc(Br)c(OCCOc2ccc(Br)cc2)c(Br)c1. The van der Waals surface area contributed by atoms with Crippen LogP contribution >= 0.6 is 63.7 Å². The van der Waals surface area contributed by atoms with Gasteiger partial charge in [0.2, 0.25) is 0 Å². The molecular formula is C15H12Br4O2. The minimum Gasteiger partial charge on any atom is -0.490 e. The lowest BCUT2D eigenvalue weighted by atomic mass is 10.2. The van der Waals surface area contributed by atoms with Crippen LogP contribution in [0.5, 0.6) is 11.5 Å². The van der Waals surface area contributed by atoms with E-state index in [0.29, 0.717) is 13.2 Å². The van der Waals surface area contributed by atoms with Crippen LogP contribution in [-0.4, -0.2) is 13.2 Å². The Balaban J connectivity index is 1.87. The van der Waals surface area contributed by atoms with Gasteiger partial charge < -0.3 is 9.47 Å². The van der Waals surface area contributed by atoms with Crippen LogP contribution in [-0.2, 0) is 5.33 Å². The number of ether oxygens (including phenoxy) is 2. The summed E-state index contributed by atoms with van der Waals surface area (Å²) in [7, 11) is 0. The molecule has 0 spiro atoms. The lowest BCUT2D eigenvalue weighted by molar-refractivity contribution is 0.215. The molecule has 0 aliphatic heterocycles. The van der Waals surface area contributed by atoms with Crippen LogP contribution in [0.2, 0.25) is 0 Å². The Labute approximate surface area is 157 Å². The van der Waals surface area contributed by atoms with Gasteiger partial charge in [0, 0.05) is 9.80 Å². The standard InChI is InChI=1S/C15H12Br4O2/c16-9-10-7-13(18)15(14(19)8-10)21-6-5-20-12-3-1-11(17)2-4-12/h1-4,7-8H,5-6,9H2. The molecule has 112 valence electrons. The number of hydrogen-bond donors (Lipinski definition) is 0. The Kier molecular flexibility index (Phi) is 7.05. The number of hydrogen-bond acceptors (Lipinski definition) is 2. The van der Waals surface area contributed by atoms with E-state index in [1.54, 1.807) is 0 Å². The van der Waals surface area contributed by atoms with Crippen molar-refractivity contribution in [1.82, 2.24) is 0 Å². The Hall–Kier alpha value is -0.0400. The molecule has 0 aromatic heterocycles. The average molecular weight is 544 g/mol. The van der Waals surface area contributed by atoms with Gasteiger partial charge in [0.15, 0.2) is 0 Å². The molecule has 0 unspecified atom stereocenters. The minimum atomic E-state index is 0.473. The highest BCUT2D eigenvalue weighted by Crippen LogP contribution is 2.35. The maximum atomic E-state index is 5.77. The second kappa shape index (κ2) is 8.56. The summed E-state index contributed by atoms with van der Waals surface area (Å²) >= 11 is 13.9. The van der Waals surface area contributed by atoms with Crippen molar-refractivity contribution < 1.29 is 9.47 Å². The topological polar surface area (TPSA) is 18.5 Å². The zero-order valence-corrected chi connectivity index (χ0v) is 17.3. The van der Waals surface area contributed by atoms with Gasteiger partial charge in [-0.15, -0.1) is 0 Å². The summed E-state index contributed by atoms with van der Waals surface area (Å²) in [6.07, 6.45) is 0. The van der Waals surface area contributed by atoms with Gasteiger partial charge in [-0.05, 0) is 73.8 Å². The van der Waals surface area contributed by atoms with Gasteiger partial charge in [-0.3, -0.25) is 0 Å². The number of benzene rings is 2. The molecule has 2 aromatic rings. The van der Waals surface area contributed by atoms with Crippen LogP contribution in [0.15, 0.2) is 49.8 Å². The molecule has 0 saturated heterocycles. The summed E-state index contributed by atoms with van der Waals surface area (Å²) in [6.45, 7) is 0.960. The first-order valence-corrected chi connectivity index (χ1v) is 9.65. The van der Waals surface area contributed by atoms with Gasteiger partial charge in [0.25, 0.3) is 0 Å². The van der Waals surface area contributed by atoms with E-state index in [4.69, 9.17) is 9.47 Å². The molecule has 0 amide bonds. The zero-order valence-electron chi connectivity index (χ0n) is 10.9. The van der Waals surface area contributed by atoms with Crippen molar-refractivity contribution in [2.75, 3.05) is 13.2 Å². The fourth-order valence-corrected chi connectivity index (χ4v) is 3.76. The average Bonchev–Trinajstić information content (AvgIpc) is 2.47. The Morgan fingerprint density at radius 3 is 1.95 bits per heavy atom. The molecule has 0 fully saturated rings. The van der Waals surface area contributed by atoms with E-state index >= 15 is 0 Å². The Bertz CT molecular complexity index is 576. The molecule has 0 radical (unpaired) electrons. The highest BCUT2D eigenvalue weighted by atomic mass is 79.9. The lowest BCUT2D eigenvalue weighted by Crippen LogP contribution is -2.09. The summed E-state index contributed by atoms with van der Waals surface area (Å²) in [5, 5.41) is 0.803. The summed E-state index contributed by atoms with van der Waals surface area (Å²) in [6, 6.07) is 11.8. The van der Waals surface area contributed by atoms with Crippen molar-refractivity contribution >= 4 is 63.7 Å². The molecule has 2 nitrogen and oxygen atoms in total. The van der Waals surface area contributed by atoms with Crippen molar-refractivity contribution in [1.29, 1.82) is 0 Å². The molecule has 0 bridgehead atoms. The number of alkyl halides is 1. The van der Waals surface area contributed by atoms with Crippen LogP contribution in [0.3, 0.4) is 0 Å². The first-order valence-electron chi connectivity index (χ1n) is 6.15. The lowest BCUT2D eigenvalue weighted by Gasteiger charge is -2.12. The van der Waals surface area contributed by atoms with E-state index in [0.717, 1.165) is 30.2 Å². The second-order valence-corrected chi connectivity index (χ2v) is 7.36. The van der Waals surface area contributed by atoms with Crippen LogP contribution < -0.4 is 9.47 Å². The van der Waals surface area contributed by atoms with Crippen molar-refractivity contribution in [2.24, 2.45) is 0 Å². The van der Waals surface area contributed by atoms with Crippen LogP contribution in [0, 0.1) is 0 Å². The molecule has 0 heterocycles. The molecular weight excluding hydrogens is 532 g/mol. The smallest absolute Gasteiger partial charge is 0.147 e. The normalized spacial score (nSPS) is 10.5. The molecule has 0 atom stereocenters. The van der Waals surface area contributed by atoms with Crippen LogP contribution in [0.1, 0.15) is 5.56 Å². The summed E-state index contributed by atoms with van der Waals surface area (Å²) in [5.74, 6) is 1.62. The summed E-state index contributed by atoms with van der Waals surface area (Å²) in [5.41, 5.74) is 1.17. The highest BCUT2D eigenvalue weighted by molar-refractivity contribution is 9.11. The molecule has 6 heteroatoms. The van der Waals surface area contributed by atoms with Gasteiger partial charge in [-0.25, -0.2) is 0 Å². The predicted octanol–water partition coefficient (Wildman–Crippen LogP) is 6.33. The first kappa shape index (κ1) is 17.3. The molecule has 2 aromatic carbocycles. The molecule has 0 aliphatic carbocycles. The molecule has 2 rings (SSSR count). The monoisotopic (exact) mass is 540 g/mol. The second-order valence-electron chi connectivity index (χ2n) is 4.17. The van der Waals surface area contributed by atoms with Crippen molar-refractivity contribution in [3.05, 3.63) is 55.4 Å². The predicted molar refractivity (Wildman–Crippen MR) is 99.6 cm³/mol. The third kappa shape index (κ3) is 5.27. The van der Waals surface area contributed by atoms with Crippen molar-refractivity contribution in [2.45, 2.75) is 5.33 Å². The van der Waals surface area contributed by atoms with E-state index in [9.17, 15) is 0 Å². The highest BCUT2D eigenvalue weighted by Gasteiger charge is 2.08. The van der Waals surface area contributed by atoms with Gasteiger partial charge in [0.1, 0.15) is 24.7 Å². The van der Waals surface area contributed by atoms with Crippen LogP contribution in [0.4, 0.5) is 0 Å². The van der Waals surface area contributed by atoms with E-state index in [1.807, 2.05) is 36.4 Å². The van der Waals surface area contributed by atoms with E-state index < -0.39 is 0 Å². The van der Waals surface area contributed by atoms with Crippen molar-refractivity contribution in [3.8, 4) is 11.5 Å². The molecule has 0 aliphatic rings. The third-order valence-electron chi connectivity index (χ3n) is 2.62. The van der Waals surface area contributed by atoms with E-state index in [2.05, 4.69) is 63.7 Å². The Morgan fingerprint density at radius 1 is 0.810 bits per heavy atom. The fourth-order valence-electron chi connectivity index (χ4n) is 1.66. The number of halogens is 4. The summed E-state index contributed by atoms with van der Waals surface area (Å²) < 4.78 is 14.3. The zero-order chi connectivity index (χ0) is 15.2. The first-order chi connectivity index (χ1) is 10.1. The molecule has 21 heavy (non-hydrogen) atoms. The van der Waals surface area contributed by atoms with Gasteiger partial charge in [0.05, 0.1) is 8.95 Å². The van der Waals surface area contributed by atoms with E-state index in [-0.39, 0.29) is 0 Å². The molecule has 0 saturated carbocycles. The minimum absolute atomic E-state index is 0.473. The Morgan fingerprint density at radius 2 is 1.38 bits per heavy atom. The molecule has 0 N–H and O–H groups in total. The maximum Gasteiger partial charge on any atom is 0.147 e. The van der Waals surface area contributed by atoms with E-state index in [1.165, 1.54) is 5.56 Å². The number of rotatable bonds is 6. The van der Waals surface area contributed by atoms with Gasteiger partial charge in [-0.2, -0.15) is 0 Å². The summed E-state index contributed by atoms with van der Waals surface area (Å²) in [4.78, 5) is 0. The fraction of sp³-hybridized carbons (Fsp3) is 0.200. The maximum absolute atomic E-state index is 5.77. The quantitative estimate of drug-likeness (QED) is 0.313. The van der Waals surface area contributed by atoms with Crippen LogP contribution in [0.25, 0.3) is 0 Å². The van der Waals surface area contributed by atoms with Crippen molar-refractivity contribution in [3.63, 3.8) is 0 Å². The largest absolute Gasteiger partial charge is 0.490 e. The third-order valence-corrected chi connectivity index (χ3v) is 4.98. The van der Waals surface area contributed by atoms with Gasteiger partial charge >= 0.3 is 0 Å². The van der Waals surface area contributed by atoms with Gasteiger partial charge in [-0.1, -0.05) is 31.9 Å².